The van der Waals surface area contributed by atoms with Gasteiger partial charge in [0.2, 0.25) is 5.91 Å². The number of nitrogens with one attached hydrogen (secondary N) is 2. The largest absolute Gasteiger partial charge is 0.444 e. The van der Waals surface area contributed by atoms with Crippen molar-refractivity contribution in [2.24, 2.45) is 5.92 Å². The van der Waals surface area contributed by atoms with Gasteiger partial charge in [-0.25, -0.2) is 4.79 Å². The molecule has 158 valence electrons. The lowest BCUT2D eigenvalue weighted by molar-refractivity contribution is -0.118. The molecule has 0 saturated carbocycles. The van der Waals surface area contributed by atoms with Crippen LogP contribution in [-0.4, -0.2) is 22.6 Å². The quantitative estimate of drug-likeness (QED) is 0.640. The maximum Gasteiger partial charge on any atom is 0.408 e. The van der Waals surface area contributed by atoms with E-state index in [0.29, 0.717) is 17.8 Å². The van der Waals surface area contributed by atoms with Crippen LogP contribution in [0.25, 0.3) is 11.3 Å². The number of pyridine rings is 1. The highest BCUT2D eigenvalue weighted by atomic mass is 16.6. The van der Waals surface area contributed by atoms with Gasteiger partial charge in [0.1, 0.15) is 5.60 Å². The molecule has 2 N–H and O–H groups in total. The molecule has 0 fully saturated rings. The normalized spacial score (nSPS) is 20.1. The average Bonchev–Trinajstić information content (AvgIpc) is 2.65. The molecule has 0 unspecified atom stereocenters. The van der Waals surface area contributed by atoms with E-state index in [1.54, 1.807) is 6.20 Å². The van der Waals surface area contributed by atoms with E-state index < -0.39 is 11.7 Å². The Morgan fingerprint density at radius 2 is 2.03 bits per heavy atom. The molecular weight excluding hydrogens is 378 g/mol. The number of fused-ring (bicyclic) bond motifs is 4. The summed E-state index contributed by atoms with van der Waals surface area (Å²) in [4.78, 5) is 29.6. The summed E-state index contributed by atoms with van der Waals surface area (Å²) in [7, 11) is 0. The summed E-state index contributed by atoms with van der Waals surface area (Å²) in [5.41, 5.74) is 3.57. The van der Waals surface area contributed by atoms with Gasteiger partial charge in [-0.15, -0.1) is 0 Å². The number of nitrogens with zero attached hydrogens (tertiary/aromatic N) is 1. The van der Waals surface area contributed by atoms with E-state index >= 15 is 0 Å². The molecule has 0 saturated heterocycles. The first-order valence-electron chi connectivity index (χ1n) is 10.2. The van der Waals surface area contributed by atoms with E-state index in [-0.39, 0.29) is 17.9 Å². The fraction of sp³-hybridized carbons (Fsp3) is 0.375. The lowest BCUT2D eigenvalue weighted by atomic mass is 9.97. The van der Waals surface area contributed by atoms with Crippen LogP contribution < -0.4 is 10.6 Å². The van der Waals surface area contributed by atoms with Crippen LogP contribution in [0.5, 0.6) is 0 Å². The first-order chi connectivity index (χ1) is 14.1. The van der Waals surface area contributed by atoms with Gasteiger partial charge in [0.05, 0.1) is 23.3 Å². The van der Waals surface area contributed by atoms with Crippen molar-refractivity contribution < 1.29 is 14.3 Å². The zero-order chi connectivity index (χ0) is 21.9. The summed E-state index contributed by atoms with van der Waals surface area (Å²) in [6.07, 6.45) is 5.62. The fourth-order valence-corrected chi connectivity index (χ4v) is 3.28. The van der Waals surface area contributed by atoms with Crippen LogP contribution in [0.3, 0.4) is 0 Å². The minimum atomic E-state index is -0.583. The summed E-state index contributed by atoms with van der Waals surface area (Å²) in [5, 5.41) is 5.97. The van der Waals surface area contributed by atoms with Crippen LogP contribution in [0.15, 0.2) is 48.7 Å². The van der Waals surface area contributed by atoms with Crippen molar-refractivity contribution >= 4 is 17.7 Å². The van der Waals surface area contributed by atoms with E-state index in [4.69, 9.17) is 4.74 Å². The highest BCUT2D eigenvalue weighted by Crippen LogP contribution is 2.30. The van der Waals surface area contributed by atoms with Crippen molar-refractivity contribution in [1.82, 2.24) is 10.3 Å². The molecule has 2 aromatic rings. The third kappa shape index (κ3) is 5.47. The first-order valence-corrected chi connectivity index (χ1v) is 10.2. The number of carbonyl (C=O) groups is 2. The maximum absolute atomic E-state index is 12.7. The van der Waals surface area contributed by atoms with Gasteiger partial charge < -0.3 is 15.4 Å². The second-order valence-corrected chi connectivity index (χ2v) is 8.67. The smallest absolute Gasteiger partial charge is 0.408 e. The van der Waals surface area contributed by atoms with Crippen molar-refractivity contribution in [3.63, 3.8) is 0 Å². The Hall–Kier alpha value is -3.15. The second-order valence-electron chi connectivity index (χ2n) is 8.67. The number of anilines is 1. The Labute approximate surface area is 177 Å². The number of aryl methyl sites for hydroxylation is 1. The minimum Gasteiger partial charge on any atom is -0.444 e. The molecule has 0 spiro atoms. The highest BCUT2D eigenvalue weighted by molar-refractivity contribution is 5.96. The summed E-state index contributed by atoms with van der Waals surface area (Å²) in [5.74, 6) is -0.424. The molecule has 1 aliphatic rings. The van der Waals surface area contributed by atoms with E-state index in [2.05, 4.69) is 15.6 Å². The average molecular weight is 408 g/mol. The Kier molecular flexibility index (Phi) is 6.25. The third-order valence-corrected chi connectivity index (χ3v) is 4.75. The van der Waals surface area contributed by atoms with Gasteiger partial charge in [-0.05, 0) is 57.4 Å². The molecule has 6 heteroatoms. The van der Waals surface area contributed by atoms with Crippen LogP contribution >= 0.6 is 0 Å². The Balaban J connectivity index is 2.03. The second kappa shape index (κ2) is 8.69. The number of hydrogen-bond donors (Lipinski definition) is 2. The standard InChI is InChI=1S/C24H29N3O3/c1-15-12-20-21(25-14-15)18-10-7-9-17(13-18)19(27-23(29)30-24(3,4)5)11-6-8-16(2)22(28)26-20/h6-10,12-14,16,19H,11H2,1-5H3,(H,26,28)(H,27,29)/b8-6+/t16-,19+/m1/s1. The van der Waals surface area contributed by atoms with E-state index in [1.807, 2.05) is 77.1 Å². The van der Waals surface area contributed by atoms with Gasteiger partial charge in [0.15, 0.2) is 0 Å². The summed E-state index contributed by atoms with van der Waals surface area (Å²) >= 11 is 0. The third-order valence-electron chi connectivity index (χ3n) is 4.75. The van der Waals surface area contributed by atoms with Crippen molar-refractivity contribution in [3.8, 4) is 11.3 Å². The minimum absolute atomic E-state index is 0.103. The molecule has 30 heavy (non-hydrogen) atoms. The number of benzene rings is 1. The maximum atomic E-state index is 12.7. The Morgan fingerprint density at radius 1 is 1.27 bits per heavy atom. The molecule has 6 nitrogen and oxygen atoms in total. The van der Waals surface area contributed by atoms with E-state index in [0.717, 1.165) is 16.7 Å². The van der Waals surface area contributed by atoms with Crippen LogP contribution in [0, 0.1) is 12.8 Å². The summed E-state index contributed by atoms with van der Waals surface area (Å²) < 4.78 is 5.44. The number of alkyl carbamates (subject to hydrolysis) is 1. The molecule has 3 rings (SSSR count). The SMILES string of the molecule is Cc1cnc2c(c1)NC(=O)[C@H](C)/C=C/C[C@H](NC(=O)OC(C)(C)C)c1cccc-2c1. The van der Waals surface area contributed by atoms with Gasteiger partial charge >= 0.3 is 6.09 Å². The van der Waals surface area contributed by atoms with Crippen LogP contribution in [-0.2, 0) is 9.53 Å². The van der Waals surface area contributed by atoms with Gasteiger partial charge in [0, 0.05) is 11.8 Å². The van der Waals surface area contributed by atoms with Gasteiger partial charge in [-0.3, -0.25) is 9.78 Å². The number of ether oxygens (including phenoxy) is 1. The Bertz CT molecular complexity index is 976. The van der Waals surface area contributed by atoms with E-state index in [1.165, 1.54) is 0 Å². The van der Waals surface area contributed by atoms with Crippen LogP contribution in [0.1, 0.15) is 51.3 Å². The lowest BCUT2D eigenvalue weighted by Crippen LogP contribution is -2.35. The number of amides is 2. The molecule has 0 aliphatic carbocycles. The van der Waals surface area contributed by atoms with Gasteiger partial charge in [-0.1, -0.05) is 37.3 Å². The molecule has 0 radical (unpaired) electrons. The van der Waals surface area contributed by atoms with Gasteiger partial charge in [-0.2, -0.15) is 0 Å². The summed E-state index contributed by atoms with van der Waals surface area (Å²) in [6, 6.07) is 9.48. The molecule has 1 aliphatic heterocycles. The Morgan fingerprint density at radius 3 is 2.77 bits per heavy atom. The topological polar surface area (TPSA) is 80.3 Å². The van der Waals surface area contributed by atoms with Gasteiger partial charge in [0.25, 0.3) is 0 Å². The number of carbonyl (C=O) groups excluding carboxylic acids is 2. The zero-order valence-electron chi connectivity index (χ0n) is 18.2. The number of rotatable bonds is 1. The number of hydrogen-bond acceptors (Lipinski definition) is 4. The van der Waals surface area contributed by atoms with Crippen LogP contribution in [0.4, 0.5) is 10.5 Å². The molecule has 2 amide bonds. The van der Waals surface area contributed by atoms with Crippen LogP contribution in [0.2, 0.25) is 0 Å². The molecule has 1 aromatic heterocycles. The molecule has 1 aromatic carbocycles. The predicted molar refractivity (Wildman–Crippen MR) is 118 cm³/mol. The highest BCUT2D eigenvalue weighted by Gasteiger charge is 2.22. The predicted octanol–water partition coefficient (Wildman–Crippen LogP) is 5.16. The molecular formula is C24H29N3O3. The van der Waals surface area contributed by atoms with Crippen molar-refractivity contribution in [2.45, 2.75) is 52.7 Å². The molecule has 2 atom stereocenters. The monoisotopic (exact) mass is 407 g/mol. The van der Waals surface area contributed by atoms with Crippen molar-refractivity contribution in [3.05, 3.63) is 59.8 Å². The van der Waals surface area contributed by atoms with Crippen molar-refractivity contribution in [2.75, 3.05) is 5.32 Å². The first kappa shape index (κ1) is 21.6. The van der Waals surface area contributed by atoms with E-state index in [9.17, 15) is 9.59 Å². The molecule has 2 heterocycles. The fourth-order valence-electron chi connectivity index (χ4n) is 3.28. The lowest BCUT2D eigenvalue weighted by Gasteiger charge is -2.24. The van der Waals surface area contributed by atoms with Crippen molar-refractivity contribution in [1.29, 1.82) is 0 Å². The number of aromatic nitrogens is 1. The molecule has 2 bridgehead atoms. The summed E-state index contributed by atoms with van der Waals surface area (Å²) in [6.45, 7) is 9.28. The zero-order valence-corrected chi connectivity index (χ0v) is 18.2.